The fourth-order valence-corrected chi connectivity index (χ4v) is 4.46. The van der Waals surface area contributed by atoms with E-state index in [2.05, 4.69) is 25.6 Å². The third-order valence-corrected chi connectivity index (χ3v) is 6.38. The standard InChI is InChI=1S/C20H24ClN7O2S/c1-12-9-23-20(25-13-4-6-30-7-5-13)27-18(12)28-10-15(24-11-28)19(29)26-14(8-22)16-2-3-17(21)31-16/h2-3,9-11,13-14H,4-8,22H2,1H3,(H,26,29)(H,23,25,27)/t14-/m1/s1. The van der Waals surface area contributed by atoms with Crippen LogP contribution in [0.1, 0.15) is 39.8 Å². The van der Waals surface area contributed by atoms with E-state index in [1.807, 2.05) is 13.0 Å². The van der Waals surface area contributed by atoms with Gasteiger partial charge in [-0.3, -0.25) is 9.36 Å². The molecule has 11 heteroatoms. The molecule has 4 N–H and O–H groups in total. The van der Waals surface area contributed by atoms with Gasteiger partial charge in [0.15, 0.2) is 0 Å². The van der Waals surface area contributed by atoms with Crippen LogP contribution in [0.4, 0.5) is 5.95 Å². The minimum Gasteiger partial charge on any atom is -0.381 e. The number of nitrogens with two attached hydrogens (primary N) is 1. The SMILES string of the molecule is Cc1cnc(NC2CCOCC2)nc1-n1cnc(C(=O)N[C@H](CN)c2ccc(Cl)s2)c1. The van der Waals surface area contributed by atoms with Gasteiger partial charge in [-0.15, -0.1) is 11.3 Å². The predicted octanol–water partition coefficient (Wildman–Crippen LogP) is 2.71. The lowest BCUT2D eigenvalue weighted by atomic mass is 10.1. The van der Waals surface area contributed by atoms with Crippen LogP contribution in [0.2, 0.25) is 4.34 Å². The molecule has 1 saturated heterocycles. The van der Waals surface area contributed by atoms with Crippen molar-refractivity contribution in [2.75, 3.05) is 25.1 Å². The number of halogens is 1. The maximum Gasteiger partial charge on any atom is 0.272 e. The molecule has 4 rings (SSSR count). The summed E-state index contributed by atoms with van der Waals surface area (Å²) in [5, 5.41) is 6.28. The number of nitrogens with zero attached hydrogens (tertiary/aromatic N) is 4. The Morgan fingerprint density at radius 1 is 1.39 bits per heavy atom. The molecule has 3 aromatic heterocycles. The van der Waals surface area contributed by atoms with Crippen molar-refractivity contribution in [2.24, 2.45) is 5.73 Å². The molecule has 0 aromatic carbocycles. The molecule has 31 heavy (non-hydrogen) atoms. The Kier molecular flexibility index (Phi) is 6.81. The molecule has 0 saturated carbocycles. The first-order valence-electron chi connectivity index (χ1n) is 10.0. The molecule has 3 aromatic rings. The number of hydrogen-bond acceptors (Lipinski definition) is 8. The third kappa shape index (κ3) is 5.21. The number of amides is 1. The minimum atomic E-state index is -0.328. The highest BCUT2D eigenvalue weighted by Gasteiger charge is 2.19. The van der Waals surface area contributed by atoms with Gasteiger partial charge in [0.2, 0.25) is 5.95 Å². The van der Waals surface area contributed by atoms with Crippen LogP contribution in [-0.2, 0) is 4.74 Å². The van der Waals surface area contributed by atoms with E-state index in [0.29, 0.717) is 16.1 Å². The average molecular weight is 462 g/mol. The van der Waals surface area contributed by atoms with Gasteiger partial charge in [0.1, 0.15) is 17.8 Å². The number of aromatic nitrogens is 4. The molecule has 0 spiro atoms. The summed E-state index contributed by atoms with van der Waals surface area (Å²) < 4.78 is 7.77. The summed E-state index contributed by atoms with van der Waals surface area (Å²) >= 11 is 7.39. The van der Waals surface area contributed by atoms with Gasteiger partial charge in [0, 0.05) is 48.6 Å². The van der Waals surface area contributed by atoms with Gasteiger partial charge in [-0.25, -0.2) is 9.97 Å². The topological polar surface area (TPSA) is 120 Å². The van der Waals surface area contributed by atoms with E-state index in [0.717, 1.165) is 36.5 Å². The molecule has 0 unspecified atom stereocenters. The molecule has 0 radical (unpaired) electrons. The van der Waals surface area contributed by atoms with E-state index < -0.39 is 0 Å². The maximum atomic E-state index is 12.7. The van der Waals surface area contributed by atoms with E-state index in [4.69, 9.17) is 22.1 Å². The fourth-order valence-electron chi connectivity index (χ4n) is 3.34. The van der Waals surface area contributed by atoms with Crippen LogP contribution in [0.25, 0.3) is 5.82 Å². The summed E-state index contributed by atoms with van der Waals surface area (Å²) in [7, 11) is 0. The highest BCUT2D eigenvalue weighted by atomic mass is 35.5. The number of rotatable bonds is 7. The summed E-state index contributed by atoms with van der Waals surface area (Å²) in [6.07, 6.45) is 6.81. The van der Waals surface area contributed by atoms with Crippen LogP contribution >= 0.6 is 22.9 Å². The van der Waals surface area contributed by atoms with Crippen LogP contribution in [0.3, 0.4) is 0 Å². The molecule has 1 amide bonds. The van der Waals surface area contributed by atoms with E-state index in [1.54, 1.807) is 29.4 Å². The molecule has 1 fully saturated rings. The number of nitrogens with one attached hydrogen (secondary N) is 2. The monoisotopic (exact) mass is 461 g/mol. The van der Waals surface area contributed by atoms with Gasteiger partial charge >= 0.3 is 0 Å². The Morgan fingerprint density at radius 2 is 2.19 bits per heavy atom. The number of thiophene rings is 1. The van der Waals surface area contributed by atoms with E-state index in [1.165, 1.54) is 11.3 Å². The Labute approximate surface area is 189 Å². The highest BCUT2D eigenvalue weighted by molar-refractivity contribution is 7.16. The Hall–Kier alpha value is -2.53. The van der Waals surface area contributed by atoms with Gasteiger partial charge in [0.25, 0.3) is 5.91 Å². The number of carbonyl (C=O) groups is 1. The van der Waals surface area contributed by atoms with Crippen molar-refractivity contribution >= 4 is 34.8 Å². The lowest BCUT2D eigenvalue weighted by molar-refractivity contribution is 0.0903. The van der Waals surface area contributed by atoms with Crippen molar-refractivity contribution in [1.29, 1.82) is 0 Å². The summed E-state index contributed by atoms with van der Waals surface area (Å²) in [6.45, 7) is 3.64. The Bertz CT molecular complexity index is 1050. The third-order valence-electron chi connectivity index (χ3n) is 5.04. The Morgan fingerprint density at radius 3 is 2.90 bits per heavy atom. The summed E-state index contributed by atoms with van der Waals surface area (Å²) in [5.41, 5.74) is 6.99. The number of aryl methyl sites for hydroxylation is 1. The van der Waals surface area contributed by atoms with E-state index in [-0.39, 0.29) is 30.2 Å². The molecular formula is C20H24ClN7O2S. The maximum absolute atomic E-state index is 12.7. The lowest BCUT2D eigenvalue weighted by Crippen LogP contribution is -2.33. The zero-order valence-electron chi connectivity index (χ0n) is 17.0. The van der Waals surface area contributed by atoms with Crippen molar-refractivity contribution < 1.29 is 9.53 Å². The summed E-state index contributed by atoms with van der Waals surface area (Å²) in [6, 6.07) is 3.61. The quantitative estimate of drug-likeness (QED) is 0.494. The second-order valence-corrected chi connectivity index (χ2v) is 9.05. The predicted molar refractivity (Wildman–Crippen MR) is 120 cm³/mol. The summed E-state index contributed by atoms with van der Waals surface area (Å²) in [5.74, 6) is 0.896. The van der Waals surface area contributed by atoms with E-state index in [9.17, 15) is 4.79 Å². The Balaban J connectivity index is 1.48. The normalized spacial score (nSPS) is 15.6. The number of anilines is 1. The first-order chi connectivity index (χ1) is 15.0. The molecular weight excluding hydrogens is 438 g/mol. The number of carbonyl (C=O) groups excluding carboxylic acids is 1. The van der Waals surface area contributed by atoms with Crippen molar-refractivity contribution in [3.05, 3.63) is 51.3 Å². The van der Waals surface area contributed by atoms with Crippen LogP contribution < -0.4 is 16.4 Å². The number of ether oxygens (including phenoxy) is 1. The summed E-state index contributed by atoms with van der Waals surface area (Å²) in [4.78, 5) is 26.9. The number of imidazole rings is 1. The van der Waals surface area contributed by atoms with Crippen LogP contribution in [0.5, 0.6) is 0 Å². The van der Waals surface area contributed by atoms with Gasteiger partial charge in [-0.05, 0) is 31.9 Å². The molecule has 0 bridgehead atoms. The zero-order chi connectivity index (χ0) is 21.8. The molecule has 164 valence electrons. The molecule has 1 atom stereocenters. The van der Waals surface area contributed by atoms with Crippen LogP contribution in [0.15, 0.2) is 30.9 Å². The van der Waals surface area contributed by atoms with Crippen molar-refractivity contribution in [3.8, 4) is 5.82 Å². The van der Waals surface area contributed by atoms with Gasteiger partial charge in [-0.1, -0.05) is 11.6 Å². The van der Waals surface area contributed by atoms with Crippen molar-refractivity contribution in [1.82, 2.24) is 24.8 Å². The second kappa shape index (κ2) is 9.73. The van der Waals surface area contributed by atoms with Crippen molar-refractivity contribution in [2.45, 2.75) is 31.8 Å². The molecule has 1 aliphatic heterocycles. The van der Waals surface area contributed by atoms with Gasteiger partial charge in [0.05, 0.1) is 10.4 Å². The average Bonchev–Trinajstić information content (AvgIpc) is 3.43. The largest absolute Gasteiger partial charge is 0.381 e. The molecule has 1 aliphatic rings. The zero-order valence-corrected chi connectivity index (χ0v) is 18.6. The van der Waals surface area contributed by atoms with Gasteiger partial charge < -0.3 is 21.1 Å². The highest BCUT2D eigenvalue weighted by Crippen LogP contribution is 2.26. The van der Waals surface area contributed by atoms with E-state index >= 15 is 0 Å². The number of hydrogen-bond donors (Lipinski definition) is 3. The van der Waals surface area contributed by atoms with Gasteiger partial charge in [-0.2, -0.15) is 4.98 Å². The first-order valence-corrected chi connectivity index (χ1v) is 11.2. The van der Waals surface area contributed by atoms with Crippen LogP contribution in [-0.4, -0.2) is 51.2 Å². The van der Waals surface area contributed by atoms with Crippen molar-refractivity contribution in [3.63, 3.8) is 0 Å². The van der Waals surface area contributed by atoms with Crippen LogP contribution in [0, 0.1) is 6.92 Å². The molecule has 9 nitrogen and oxygen atoms in total. The fraction of sp³-hybridized carbons (Fsp3) is 0.400. The molecule has 0 aliphatic carbocycles. The minimum absolute atomic E-state index is 0.259. The lowest BCUT2D eigenvalue weighted by Gasteiger charge is -2.23. The first kappa shape index (κ1) is 21.7. The smallest absolute Gasteiger partial charge is 0.272 e. The molecule has 4 heterocycles. The second-order valence-electron chi connectivity index (χ2n) is 7.30.